The smallest absolute Gasteiger partial charge is 0.254 e. The molecule has 1 aliphatic rings. The van der Waals surface area contributed by atoms with Crippen LogP contribution in [0.4, 0.5) is 4.39 Å². The summed E-state index contributed by atoms with van der Waals surface area (Å²) in [6.45, 7) is 5.82. The van der Waals surface area contributed by atoms with Crippen molar-refractivity contribution in [2.24, 2.45) is 0 Å². The molecule has 4 rings (SSSR count). The first kappa shape index (κ1) is 17.5. The zero-order chi connectivity index (χ0) is 19.0. The number of aromatic nitrogens is 2. The summed E-state index contributed by atoms with van der Waals surface area (Å²) in [5.74, 6) is -0.265. The summed E-state index contributed by atoms with van der Waals surface area (Å²) in [5.41, 5.74) is 5.90. The average Bonchev–Trinajstić information content (AvgIpc) is 2.98. The SMILES string of the molecule is Cc1cc(C)n(Cc2ccc(C(=O)N3CCc4ccc(F)cc4C3)cc2)n1. The second-order valence-electron chi connectivity index (χ2n) is 7.17. The van der Waals surface area contributed by atoms with Crippen LogP contribution in [0.3, 0.4) is 0 Å². The fourth-order valence-corrected chi connectivity index (χ4v) is 3.64. The Morgan fingerprint density at radius 2 is 1.85 bits per heavy atom. The van der Waals surface area contributed by atoms with Gasteiger partial charge in [-0.1, -0.05) is 18.2 Å². The van der Waals surface area contributed by atoms with Gasteiger partial charge in [0.2, 0.25) is 0 Å². The van der Waals surface area contributed by atoms with Gasteiger partial charge in [-0.25, -0.2) is 4.39 Å². The third-order valence-corrected chi connectivity index (χ3v) is 5.10. The maximum Gasteiger partial charge on any atom is 0.254 e. The zero-order valence-electron chi connectivity index (χ0n) is 15.6. The van der Waals surface area contributed by atoms with Gasteiger partial charge in [-0.15, -0.1) is 0 Å². The number of amides is 1. The van der Waals surface area contributed by atoms with E-state index in [9.17, 15) is 9.18 Å². The van der Waals surface area contributed by atoms with E-state index in [0.717, 1.165) is 34.5 Å². The first-order valence-corrected chi connectivity index (χ1v) is 9.16. The fourth-order valence-electron chi connectivity index (χ4n) is 3.64. The summed E-state index contributed by atoms with van der Waals surface area (Å²) in [7, 11) is 0. The molecule has 0 radical (unpaired) electrons. The van der Waals surface area contributed by atoms with Crippen LogP contribution in [0.1, 0.15) is 38.4 Å². The highest BCUT2D eigenvalue weighted by Crippen LogP contribution is 2.22. The maximum atomic E-state index is 13.5. The van der Waals surface area contributed by atoms with Crippen molar-refractivity contribution in [2.45, 2.75) is 33.4 Å². The van der Waals surface area contributed by atoms with E-state index in [1.807, 2.05) is 48.9 Å². The predicted octanol–water partition coefficient (Wildman–Crippen LogP) is 3.89. The number of carbonyl (C=O) groups excluding carboxylic acids is 1. The van der Waals surface area contributed by atoms with Crippen molar-refractivity contribution < 1.29 is 9.18 Å². The number of hydrogen-bond acceptors (Lipinski definition) is 2. The van der Waals surface area contributed by atoms with Gasteiger partial charge in [-0.3, -0.25) is 9.48 Å². The van der Waals surface area contributed by atoms with E-state index in [2.05, 4.69) is 11.2 Å². The second kappa shape index (κ2) is 6.99. The van der Waals surface area contributed by atoms with E-state index < -0.39 is 0 Å². The van der Waals surface area contributed by atoms with Gasteiger partial charge in [0.25, 0.3) is 5.91 Å². The van der Waals surface area contributed by atoms with Crippen LogP contribution >= 0.6 is 0 Å². The normalized spacial score (nSPS) is 13.5. The lowest BCUT2D eigenvalue weighted by atomic mass is 9.99. The Kier molecular flexibility index (Phi) is 4.52. The van der Waals surface area contributed by atoms with Crippen LogP contribution in [-0.4, -0.2) is 27.1 Å². The van der Waals surface area contributed by atoms with E-state index >= 15 is 0 Å². The minimum absolute atomic E-state index is 0.0115. The monoisotopic (exact) mass is 363 g/mol. The lowest BCUT2D eigenvalue weighted by Gasteiger charge is -2.29. The number of aryl methyl sites for hydroxylation is 2. The highest BCUT2D eigenvalue weighted by Gasteiger charge is 2.22. The Labute approximate surface area is 158 Å². The molecule has 0 atom stereocenters. The molecular weight excluding hydrogens is 341 g/mol. The molecule has 0 bridgehead atoms. The summed E-state index contributed by atoms with van der Waals surface area (Å²) in [4.78, 5) is 14.6. The Hall–Kier alpha value is -2.95. The number of benzene rings is 2. The van der Waals surface area contributed by atoms with E-state index in [0.29, 0.717) is 25.2 Å². The van der Waals surface area contributed by atoms with Crippen molar-refractivity contribution in [1.82, 2.24) is 14.7 Å². The van der Waals surface area contributed by atoms with Crippen LogP contribution in [0.15, 0.2) is 48.5 Å². The van der Waals surface area contributed by atoms with Crippen molar-refractivity contribution >= 4 is 5.91 Å². The van der Waals surface area contributed by atoms with Crippen LogP contribution in [0.5, 0.6) is 0 Å². The molecule has 2 aromatic carbocycles. The third kappa shape index (κ3) is 3.63. The van der Waals surface area contributed by atoms with Crippen molar-refractivity contribution in [1.29, 1.82) is 0 Å². The summed E-state index contributed by atoms with van der Waals surface area (Å²) < 4.78 is 15.4. The molecule has 0 saturated carbocycles. The molecule has 2 heterocycles. The number of halogens is 1. The quantitative estimate of drug-likeness (QED) is 0.708. The Balaban J connectivity index is 1.47. The molecule has 0 N–H and O–H groups in total. The maximum absolute atomic E-state index is 13.5. The molecule has 0 aliphatic carbocycles. The predicted molar refractivity (Wildman–Crippen MR) is 102 cm³/mol. The van der Waals surface area contributed by atoms with Crippen molar-refractivity contribution in [3.05, 3.63) is 88.0 Å². The number of rotatable bonds is 3. The summed E-state index contributed by atoms with van der Waals surface area (Å²) >= 11 is 0. The highest BCUT2D eigenvalue weighted by atomic mass is 19.1. The topological polar surface area (TPSA) is 38.1 Å². The van der Waals surface area contributed by atoms with Gasteiger partial charge in [0.1, 0.15) is 5.82 Å². The van der Waals surface area contributed by atoms with E-state index in [1.165, 1.54) is 12.1 Å². The molecule has 4 nitrogen and oxygen atoms in total. The molecular formula is C22H22FN3O. The van der Waals surface area contributed by atoms with Crippen molar-refractivity contribution in [2.75, 3.05) is 6.54 Å². The third-order valence-electron chi connectivity index (χ3n) is 5.10. The number of carbonyl (C=O) groups is 1. The highest BCUT2D eigenvalue weighted by molar-refractivity contribution is 5.94. The van der Waals surface area contributed by atoms with Gasteiger partial charge in [0, 0.05) is 24.3 Å². The molecule has 27 heavy (non-hydrogen) atoms. The minimum atomic E-state index is -0.253. The van der Waals surface area contributed by atoms with E-state index in [-0.39, 0.29) is 11.7 Å². The molecule has 1 aliphatic heterocycles. The largest absolute Gasteiger partial charge is 0.334 e. The van der Waals surface area contributed by atoms with Gasteiger partial charge >= 0.3 is 0 Å². The lowest BCUT2D eigenvalue weighted by Crippen LogP contribution is -2.36. The molecule has 3 aromatic rings. The zero-order valence-corrected chi connectivity index (χ0v) is 15.6. The van der Waals surface area contributed by atoms with Crippen LogP contribution in [0, 0.1) is 19.7 Å². The molecule has 0 saturated heterocycles. The molecule has 0 fully saturated rings. The van der Waals surface area contributed by atoms with Crippen molar-refractivity contribution in [3.63, 3.8) is 0 Å². The van der Waals surface area contributed by atoms with Gasteiger partial charge in [0.05, 0.1) is 12.2 Å². The Morgan fingerprint density at radius 1 is 1.07 bits per heavy atom. The molecule has 0 spiro atoms. The number of nitrogens with zero attached hydrogens (tertiary/aromatic N) is 3. The fraction of sp³-hybridized carbons (Fsp3) is 0.273. The standard InChI is InChI=1S/C22H22FN3O/c1-15-11-16(2)26(24-15)13-17-3-5-19(6-4-17)22(27)25-10-9-18-7-8-21(23)12-20(18)14-25/h3-8,11-12H,9-10,13-14H2,1-2H3. The number of fused-ring (bicyclic) bond motifs is 1. The van der Waals surface area contributed by atoms with E-state index in [1.54, 1.807) is 4.90 Å². The Bertz CT molecular complexity index is 991. The first-order chi connectivity index (χ1) is 13.0. The first-order valence-electron chi connectivity index (χ1n) is 9.16. The van der Waals surface area contributed by atoms with Crippen LogP contribution in [0.2, 0.25) is 0 Å². The van der Waals surface area contributed by atoms with Gasteiger partial charge in [-0.2, -0.15) is 5.10 Å². The van der Waals surface area contributed by atoms with Gasteiger partial charge in [-0.05, 0) is 67.3 Å². The molecule has 5 heteroatoms. The van der Waals surface area contributed by atoms with E-state index in [4.69, 9.17) is 0 Å². The molecule has 1 aromatic heterocycles. The molecule has 0 unspecified atom stereocenters. The van der Waals surface area contributed by atoms with Crippen LogP contribution < -0.4 is 0 Å². The summed E-state index contributed by atoms with van der Waals surface area (Å²) in [5, 5.41) is 4.48. The van der Waals surface area contributed by atoms with Gasteiger partial charge < -0.3 is 4.90 Å². The summed E-state index contributed by atoms with van der Waals surface area (Å²) in [6, 6.07) is 14.6. The van der Waals surface area contributed by atoms with Gasteiger partial charge in [0.15, 0.2) is 0 Å². The second-order valence-corrected chi connectivity index (χ2v) is 7.17. The Morgan fingerprint density at radius 3 is 2.56 bits per heavy atom. The lowest BCUT2D eigenvalue weighted by molar-refractivity contribution is 0.0734. The molecule has 1 amide bonds. The number of hydrogen-bond donors (Lipinski definition) is 0. The van der Waals surface area contributed by atoms with Crippen molar-refractivity contribution in [3.8, 4) is 0 Å². The average molecular weight is 363 g/mol. The van der Waals surface area contributed by atoms with Crippen LogP contribution in [-0.2, 0) is 19.5 Å². The summed E-state index contributed by atoms with van der Waals surface area (Å²) in [6.07, 6.45) is 0.761. The molecule has 138 valence electrons. The van der Waals surface area contributed by atoms with Crippen LogP contribution in [0.25, 0.3) is 0 Å². The minimum Gasteiger partial charge on any atom is -0.334 e.